The van der Waals surface area contributed by atoms with E-state index < -0.39 is 0 Å². The van der Waals surface area contributed by atoms with Crippen LogP contribution in [0.4, 0.5) is 0 Å². The lowest BCUT2D eigenvalue weighted by Crippen LogP contribution is -2.36. The van der Waals surface area contributed by atoms with Crippen LogP contribution in [-0.4, -0.2) is 74.0 Å². The van der Waals surface area contributed by atoms with E-state index in [0.29, 0.717) is 19.3 Å². The molecule has 2 saturated heterocycles. The summed E-state index contributed by atoms with van der Waals surface area (Å²) >= 11 is 1.72. The molecule has 6 rings (SSSR count). The maximum atomic E-state index is 10.2. The minimum Gasteiger partial charge on any atom is -0.508 e. The lowest BCUT2D eigenvalue weighted by Gasteiger charge is -2.26. The van der Waals surface area contributed by atoms with Crippen molar-refractivity contribution in [2.75, 3.05) is 53.0 Å². The highest BCUT2D eigenvalue weighted by Gasteiger charge is 2.22. The van der Waals surface area contributed by atoms with Crippen molar-refractivity contribution in [2.45, 2.75) is 51.5 Å². The van der Waals surface area contributed by atoms with E-state index in [2.05, 4.69) is 59.2 Å². The molecule has 0 aliphatic carbocycles. The van der Waals surface area contributed by atoms with Gasteiger partial charge in [-0.25, -0.2) is 0 Å². The predicted molar refractivity (Wildman–Crippen MR) is 176 cm³/mol. The minimum absolute atomic E-state index is 0.288. The van der Waals surface area contributed by atoms with Gasteiger partial charge in [-0.15, -0.1) is 11.3 Å². The number of ether oxygens (including phenoxy) is 3. The van der Waals surface area contributed by atoms with Crippen LogP contribution in [-0.2, 0) is 6.42 Å². The van der Waals surface area contributed by atoms with Crippen molar-refractivity contribution in [2.24, 2.45) is 0 Å². The van der Waals surface area contributed by atoms with Gasteiger partial charge in [-0.3, -0.25) is 9.80 Å². The average molecular weight is 601 g/mol. The van der Waals surface area contributed by atoms with Gasteiger partial charge in [0, 0.05) is 22.2 Å². The standard InChI is InChI=1S/C36H44N2O4S/c1-3-28(38-18-6-7-19-38)25-42-33-15-8-26(23-34(33)40-2)22-32-31-14-11-29(39)24-35(31)43-36(32)27-9-12-30(13-10-27)41-21-20-37-16-4-5-17-37/h8-15,23-24,28,39H,3-7,16-22,25H2,1-2H3. The summed E-state index contributed by atoms with van der Waals surface area (Å²) in [6, 6.07) is 20.9. The smallest absolute Gasteiger partial charge is 0.161 e. The zero-order valence-electron chi connectivity index (χ0n) is 25.5. The fourth-order valence-corrected chi connectivity index (χ4v) is 7.73. The Labute approximate surface area is 259 Å². The predicted octanol–water partition coefficient (Wildman–Crippen LogP) is 7.60. The van der Waals surface area contributed by atoms with E-state index in [1.807, 2.05) is 12.1 Å². The van der Waals surface area contributed by atoms with Crippen molar-refractivity contribution in [3.05, 3.63) is 71.8 Å². The van der Waals surface area contributed by atoms with Crippen molar-refractivity contribution < 1.29 is 19.3 Å². The first-order valence-electron chi connectivity index (χ1n) is 15.8. The van der Waals surface area contributed by atoms with Gasteiger partial charge in [0.25, 0.3) is 0 Å². The lowest BCUT2D eigenvalue weighted by atomic mass is 9.98. The first kappa shape index (κ1) is 29.8. The summed E-state index contributed by atoms with van der Waals surface area (Å²) in [7, 11) is 1.71. The van der Waals surface area contributed by atoms with Crippen molar-refractivity contribution in [3.63, 3.8) is 0 Å². The topological polar surface area (TPSA) is 54.4 Å². The molecule has 0 bridgehead atoms. The summed E-state index contributed by atoms with van der Waals surface area (Å²) < 4.78 is 19.3. The molecule has 0 radical (unpaired) electrons. The van der Waals surface area contributed by atoms with Gasteiger partial charge in [0.15, 0.2) is 11.5 Å². The minimum atomic E-state index is 0.288. The van der Waals surface area contributed by atoms with E-state index in [9.17, 15) is 5.11 Å². The zero-order valence-corrected chi connectivity index (χ0v) is 26.3. The Morgan fingerprint density at radius 1 is 0.860 bits per heavy atom. The molecule has 1 aromatic heterocycles. The number of benzene rings is 3. The second kappa shape index (κ2) is 14.0. The molecule has 0 saturated carbocycles. The van der Waals surface area contributed by atoms with Gasteiger partial charge in [-0.05, 0) is 141 Å². The third-order valence-corrected chi connectivity index (χ3v) is 10.2. The van der Waals surface area contributed by atoms with Gasteiger partial charge in [-0.2, -0.15) is 0 Å². The van der Waals surface area contributed by atoms with E-state index in [1.165, 1.54) is 67.7 Å². The molecule has 3 aromatic carbocycles. The van der Waals surface area contributed by atoms with Crippen LogP contribution in [0.25, 0.3) is 20.5 Å². The van der Waals surface area contributed by atoms with Gasteiger partial charge in [0.2, 0.25) is 0 Å². The molecule has 228 valence electrons. The van der Waals surface area contributed by atoms with Gasteiger partial charge in [-0.1, -0.05) is 13.0 Å². The number of rotatable bonds is 13. The number of phenols is 1. The van der Waals surface area contributed by atoms with E-state index in [0.717, 1.165) is 52.5 Å². The molecule has 43 heavy (non-hydrogen) atoms. The SMILES string of the molecule is CCC(COc1ccc(Cc2c(-c3ccc(OCCN4CCCC4)cc3)sc3cc(O)ccc23)cc1OC)N1CCCC1. The molecule has 1 N–H and O–H groups in total. The van der Waals surface area contributed by atoms with Crippen LogP contribution in [0, 0.1) is 0 Å². The number of likely N-dealkylation sites (tertiary alicyclic amines) is 2. The summed E-state index contributed by atoms with van der Waals surface area (Å²) in [6.45, 7) is 9.32. The highest BCUT2D eigenvalue weighted by atomic mass is 32.1. The second-order valence-electron chi connectivity index (χ2n) is 11.8. The average Bonchev–Trinajstić information content (AvgIpc) is 3.81. The Hall–Kier alpha value is -3.26. The molecule has 2 aliphatic rings. The van der Waals surface area contributed by atoms with Gasteiger partial charge in [0.05, 0.1) is 7.11 Å². The molecule has 4 aromatic rings. The molecule has 1 unspecified atom stereocenters. The lowest BCUT2D eigenvalue weighted by molar-refractivity contribution is 0.153. The number of aromatic hydroxyl groups is 1. The molecule has 3 heterocycles. The number of phenolic OH excluding ortho intramolecular Hbond substituents is 1. The molecule has 7 heteroatoms. The van der Waals surface area contributed by atoms with Crippen LogP contribution < -0.4 is 14.2 Å². The largest absolute Gasteiger partial charge is 0.508 e. The molecular formula is C36H44N2O4S. The van der Waals surface area contributed by atoms with E-state index >= 15 is 0 Å². The Morgan fingerprint density at radius 3 is 2.37 bits per heavy atom. The van der Waals surface area contributed by atoms with E-state index in [1.54, 1.807) is 24.5 Å². The summed E-state index contributed by atoms with van der Waals surface area (Å²) in [5.74, 6) is 2.75. The number of thiophene rings is 1. The van der Waals surface area contributed by atoms with Crippen LogP contribution >= 0.6 is 11.3 Å². The summed E-state index contributed by atoms with van der Waals surface area (Å²) in [6.07, 6.45) is 6.99. The molecule has 2 fully saturated rings. The second-order valence-corrected chi connectivity index (χ2v) is 12.8. The van der Waals surface area contributed by atoms with Crippen molar-refractivity contribution in [3.8, 4) is 33.4 Å². The monoisotopic (exact) mass is 600 g/mol. The number of hydrogen-bond acceptors (Lipinski definition) is 7. The first-order valence-corrected chi connectivity index (χ1v) is 16.7. The van der Waals surface area contributed by atoms with Gasteiger partial charge in [0.1, 0.15) is 24.7 Å². The van der Waals surface area contributed by atoms with Crippen molar-refractivity contribution >= 4 is 21.4 Å². The third-order valence-electron chi connectivity index (χ3n) is 8.94. The fraction of sp³-hybridized carbons (Fsp3) is 0.444. The number of hydrogen-bond donors (Lipinski definition) is 1. The van der Waals surface area contributed by atoms with Crippen molar-refractivity contribution in [1.82, 2.24) is 9.80 Å². The quantitative estimate of drug-likeness (QED) is 0.171. The number of nitrogens with zero attached hydrogens (tertiary/aromatic N) is 2. The van der Waals surface area contributed by atoms with Gasteiger partial charge >= 0.3 is 0 Å². The molecule has 1 atom stereocenters. The van der Waals surface area contributed by atoms with Crippen LogP contribution in [0.15, 0.2) is 60.7 Å². The fourth-order valence-electron chi connectivity index (χ4n) is 6.47. The Kier molecular flexibility index (Phi) is 9.71. The summed E-state index contributed by atoms with van der Waals surface area (Å²) in [5, 5.41) is 11.4. The Bertz CT molecular complexity index is 1490. The van der Waals surface area contributed by atoms with Crippen LogP contribution in [0.3, 0.4) is 0 Å². The molecule has 6 nitrogen and oxygen atoms in total. The normalized spacial score (nSPS) is 16.6. The van der Waals surface area contributed by atoms with Gasteiger partial charge < -0.3 is 19.3 Å². The highest BCUT2D eigenvalue weighted by Crippen LogP contribution is 2.42. The first-order chi connectivity index (χ1) is 21.1. The Balaban J connectivity index is 1.20. The summed E-state index contributed by atoms with van der Waals surface area (Å²) in [4.78, 5) is 6.23. The van der Waals surface area contributed by atoms with Crippen LogP contribution in [0.5, 0.6) is 23.0 Å². The maximum absolute atomic E-state index is 10.2. The zero-order chi connectivity index (χ0) is 29.6. The molecule has 0 spiro atoms. The molecule has 0 amide bonds. The Morgan fingerprint density at radius 2 is 1.63 bits per heavy atom. The highest BCUT2D eigenvalue weighted by molar-refractivity contribution is 7.22. The van der Waals surface area contributed by atoms with Crippen molar-refractivity contribution in [1.29, 1.82) is 0 Å². The van der Waals surface area contributed by atoms with E-state index in [4.69, 9.17) is 14.2 Å². The number of fused-ring (bicyclic) bond motifs is 1. The van der Waals surface area contributed by atoms with Crippen LogP contribution in [0.1, 0.15) is 50.2 Å². The summed E-state index contributed by atoms with van der Waals surface area (Å²) in [5.41, 5.74) is 3.56. The van der Waals surface area contributed by atoms with E-state index in [-0.39, 0.29) is 5.75 Å². The maximum Gasteiger partial charge on any atom is 0.161 e. The molecule has 2 aliphatic heterocycles. The van der Waals surface area contributed by atoms with Crippen LogP contribution in [0.2, 0.25) is 0 Å². The number of methoxy groups -OCH3 is 1. The molecular weight excluding hydrogens is 556 g/mol. The third kappa shape index (κ3) is 7.11.